The van der Waals surface area contributed by atoms with Crippen LogP contribution in [0.5, 0.6) is 17.2 Å². The van der Waals surface area contributed by atoms with Crippen molar-refractivity contribution < 1.29 is 45.3 Å². The van der Waals surface area contributed by atoms with Crippen LogP contribution in [0.1, 0.15) is 0 Å². The summed E-state index contributed by atoms with van der Waals surface area (Å²) in [7, 11) is 0. The molecule has 2 aromatic carbocycles. The Labute approximate surface area is 190 Å². The van der Waals surface area contributed by atoms with E-state index in [-0.39, 0.29) is 34.7 Å². The number of alkyl halides is 6. The molecule has 0 radical (unpaired) electrons. The van der Waals surface area contributed by atoms with Gasteiger partial charge in [-0.2, -0.15) is 31.3 Å². The van der Waals surface area contributed by atoms with Crippen LogP contribution in [0.3, 0.4) is 0 Å². The van der Waals surface area contributed by atoms with Crippen LogP contribution >= 0.6 is 0 Å². The van der Waals surface area contributed by atoms with E-state index in [1.54, 1.807) is 5.32 Å². The summed E-state index contributed by atoms with van der Waals surface area (Å²) < 4.78 is 93.1. The maximum absolute atomic E-state index is 13.5. The van der Waals surface area contributed by atoms with Crippen molar-refractivity contribution >= 4 is 34.9 Å². The van der Waals surface area contributed by atoms with Gasteiger partial charge in [0, 0.05) is 17.4 Å². The highest BCUT2D eigenvalue weighted by atomic mass is 19.3. The summed E-state index contributed by atoms with van der Waals surface area (Å²) in [5, 5.41) is 7.14. The van der Waals surface area contributed by atoms with E-state index in [9.17, 15) is 31.1 Å². The van der Waals surface area contributed by atoms with Crippen LogP contribution in [0.4, 0.5) is 55.3 Å². The highest BCUT2D eigenvalue weighted by Gasteiger charge is 2.65. The van der Waals surface area contributed by atoms with Gasteiger partial charge in [0.25, 0.3) is 0 Å². The maximum atomic E-state index is 13.5. The zero-order valence-corrected chi connectivity index (χ0v) is 16.8. The third-order valence-electron chi connectivity index (χ3n) is 4.57. The molecule has 35 heavy (non-hydrogen) atoms. The second kappa shape index (κ2) is 7.51. The van der Waals surface area contributed by atoms with Crippen molar-refractivity contribution in [2.24, 2.45) is 0 Å². The van der Waals surface area contributed by atoms with Gasteiger partial charge < -0.3 is 30.2 Å². The molecule has 0 spiro atoms. The number of fused-ring (bicyclic) bond motifs is 2. The molecule has 0 saturated heterocycles. The Hall–Kier alpha value is -4.50. The third kappa shape index (κ3) is 4.13. The summed E-state index contributed by atoms with van der Waals surface area (Å²) in [5.41, 5.74) is 0.169. The fraction of sp³-hybridized carbons (Fsp3) is 0.158. The van der Waals surface area contributed by atoms with Gasteiger partial charge in [-0.1, -0.05) is 0 Å². The Morgan fingerprint density at radius 3 is 2.00 bits per heavy atom. The molecule has 5 rings (SSSR count). The minimum Gasteiger partial charge on any atom is -0.421 e. The molecular weight excluding hydrogens is 490 g/mol. The van der Waals surface area contributed by atoms with Gasteiger partial charge in [0.15, 0.2) is 17.2 Å². The number of anilines is 5. The lowest BCUT2D eigenvalue weighted by Crippen LogP contribution is -2.52. The van der Waals surface area contributed by atoms with E-state index in [4.69, 9.17) is 0 Å². The summed E-state index contributed by atoms with van der Waals surface area (Å²) in [6.45, 7) is 0. The van der Waals surface area contributed by atoms with Crippen LogP contribution in [0.2, 0.25) is 0 Å². The average Bonchev–Trinajstić information content (AvgIpc) is 2.75. The summed E-state index contributed by atoms with van der Waals surface area (Å²) in [4.78, 5) is 23.0. The molecule has 0 bridgehead atoms. The highest BCUT2D eigenvalue weighted by molar-refractivity contribution is 5.88. The lowest BCUT2D eigenvalue weighted by Gasteiger charge is -2.31. The first kappa shape index (κ1) is 22.3. The molecular formula is C19H10F6N6O4. The number of ether oxygens (including phenoxy) is 3. The molecule has 16 heteroatoms. The minimum absolute atomic E-state index is 0.0502. The maximum Gasteiger partial charge on any atom is 0.507 e. The molecule has 0 unspecified atom stereocenters. The molecule has 1 aromatic heterocycles. The van der Waals surface area contributed by atoms with Crippen LogP contribution in [-0.2, 0) is 4.79 Å². The Kier molecular flexibility index (Phi) is 4.78. The number of halogens is 6. The molecule has 0 atom stereocenters. The quantitative estimate of drug-likeness (QED) is 0.208. The molecule has 3 aromatic rings. The minimum atomic E-state index is -4.88. The Morgan fingerprint density at radius 2 is 1.34 bits per heavy atom. The molecule has 182 valence electrons. The van der Waals surface area contributed by atoms with Crippen LogP contribution < -0.4 is 30.2 Å². The molecule has 0 aliphatic carbocycles. The number of carbonyl (C=O) groups is 1. The second-order valence-electron chi connectivity index (χ2n) is 7.08. The van der Waals surface area contributed by atoms with Gasteiger partial charge in [0.1, 0.15) is 6.33 Å². The zero-order valence-electron chi connectivity index (χ0n) is 16.8. The standard InChI is InChI=1S/C19H10F6N6O4/c20-17(21)14(32)33-11-3-1-8(5-10(11)31-17)28-15-26-7-27-16(30-15)29-9-2-4-12-13(6-9)35-19(24,25)18(22,23)34-12/h1-7,31H,(H2,26,27,28,29,30). The summed E-state index contributed by atoms with van der Waals surface area (Å²) in [6.07, 6.45) is -8.64. The van der Waals surface area contributed by atoms with Gasteiger partial charge in [-0.3, -0.25) is 0 Å². The molecule has 3 N–H and O–H groups in total. The van der Waals surface area contributed by atoms with Crippen molar-refractivity contribution in [3.8, 4) is 17.2 Å². The van der Waals surface area contributed by atoms with E-state index in [0.717, 1.165) is 18.5 Å². The number of hydrogen-bond donors (Lipinski definition) is 3. The monoisotopic (exact) mass is 500 g/mol. The van der Waals surface area contributed by atoms with Crippen LogP contribution in [-0.4, -0.2) is 39.2 Å². The van der Waals surface area contributed by atoms with Gasteiger partial charge in [0.2, 0.25) is 11.9 Å². The summed E-state index contributed by atoms with van der Waals surface area (Å²) in [5.74, 6) is -3.22. The Morgan fingerprint density at radius 1 is 0.771 bits per heavy atom. The lowest BCUT2D eigenvalue weighted by molar-refractivity contribution is -0.391. The number of nitrogens with one attached hydrogen (secondary N) is 3. The molecule has 2 aliphatic heterocycles. The number of aromatic nitrogens is 3. The zero-order chi connectivity index (χ0) is 25.0. The number of hydrogen-bond acceptors (Lipinski definition) is 10. The van der Waals surface area contributed by atoms with Crippen molar-refractivity contribution in [3.63, 3.8) is 0 Å². The van der Waals surface area contributed by atoms with E-state index in [0.29, 0.717) is 0 Å². The first-order valence-electron chi connectivity index (χ1n) is 9.45. The number of rotatable bonds is 4. The molecule has 10 nitrogen and oxygen atoms in total. The lowest BCUT2D eigenvalue weighted by atomic mass is 10.2. The largest absolute Gasteiger partial charge is 0.507 e. The van der Waals surface area contributed by atoms with Gasteiger partial charge in [-0.05, 0) is 30.3 Å². The predicted molar refractivity (Wildman–Crippen MR) is 105 cm³/mol. The van der Waals surface area contributed by atoms with E-state index in [1.165, 1.54) is 24.3 Å². The van der Waals surface area contributed by atoms with Gasteiger partial charge in [0.05, 0.1) is 5.69 Å². The first-order chi connectivity index (χ1) is 16.4. The Balaban J connectivity index is 1.33. The number of benzene rings is 2. The Bertz CT molecular complexity index is 1340. The van der Waals surface area contributed by atoms with E-state index >= 15 is 0 Å². The summed E-state index contributed by atoms with van der Waals surface area (Å²) in [6, 6.07) is 3.20. The van der Waals surface area contributed by atoms with Crippen LogP contribution in [0, 0.1) is 0 Å². The number of esters is 1. The summed E-state index contributed by atoms with van der Waals surface area (Å²) >= 11 is 0. The topological polar surface area (TPSA) is 120 Å². The molecule has 0 saturated carbocycles. The normalized spacial score (nSPS) is 18.5. The van der Waals surface area contributed by atoms with Gasteiger partial charge in [-0.25, -0.2) is 14.8 Å². The predicted octanol–water partition coefficient (Wildman–Crippen LogP) is 4.24. The smallest absolute Gasteiger partial charge is 0.421 e. The number of carbonyl (C=O) groups excluding carboxylic acids is 1. The van der Waals surface area contributed by atoms with Crippen LogP contribution in [0.15, 0.2) is 42.7 Å². The van der Waals surface area contributed by atoms with E-state index in [2.05, 4.69) is 39.8 Å². The fourth-order valence-corrected chi connectivity index (χ4v) is 3.00. The third-order valence-corrected chi connectivity index (χ3v) is 4.57. The van der Waals surface area contributed by atoms with Gasteiger partial charge in [-0.15, -0.1) is 0 Å². The highest BCUT2D eigenvalue weighted by Crippen LogP contribution is 2.47. The SMILES string of the molecule is O=C1Oc2ccc(Nc3ncnc(Nc4ccc5c(c4)OC(F)(F)C(F)(F)O5)n3)cc2NC1(F)F. The van der Waals surface area contributed by atoms with Crippen molar-refractivity contribution in [3.05, 3.63) is 42.7 Å². The first-order valence-corrected chi connectivity index (χ1v) is 9.45. The molecule has 3 heterocycles. The van der Waals surface area contributed by atoms with Gasteiger partial charge >= 0.3 is 24.2 Å². The molecule has 0 amide bonds. The second-order valence-corrected chi connectivity index (χ2v) is 7.08. The average molecular weight is 500 g/mol. The van der Waals surface area contributed by atoms with Crippen LogP contribution in [0.25, 0.3) is 0 Å². The van der Waals surface area contributed by atoms with Crippen molar-refractivity contribution in [1.29, 1.82) is 0 Å². The molecule has 0 fully saturated rings. The van der Waals surface area contributed by atoms with E-state index in [1.807, 2.05) is 0 Å². The number of nitrogens with zero attached hydrogens (tertiary/aromatic N) is 3. The van der Waals surface area contributed by atoms with E-state index < -0.39 is 35.7 Å². The van der Waals surface area contributed by atoms with Crippen molar-refractivity contribution in [2.75, 3.05) is 16.0 Å². The van der Waals surface area contributed by atoms with Crippen molar-refractivity contribution in [2.45, 2.75) is 18.3 Å². The fourth-order valence-electron chi connectivity index (χ4n) is 3.00. The van der Waals surface area contributed by atoms with Crippen molar-refractivity contribution in [1.82, 2.24) is 15.0 Å². The molecule has 2 aliphatic rings.